The molecule has 0 aromatic carbocycles. The Labute approximate surface area is 126 Å². The minimum absolute atomic E-state index is 0.267. The van der Waals surface area contributed by atoms with Crippen molar-refractivity contribution in [3.05, 3.63) is 24.3 Å². The lowest BCUT2D eigenvalue weighted by Crippen LogP contribution is -2.68. The van der Waals surface area contributed by atoms with Crippen LogP contribution in [0.3, 0.4) is 0 Å². The molecule has 4 aliphatic carbocycles. The largest absolute Gasteiger partial charge is 0.380 e. The molecule has 6 heteroatoms. The third kappa shape index (κ3) is 1.51. The molecule has 0 aromatic rings. The molecule has 0 radical (unpaired) electrons. The van der Waals surface area contributed by atoms with Crippen molar-refractivity contribution in [3.8, 4) is 0 Å². The summed E-state index contributed by atoms with van der Waals surface area (Å²) in [5.41, 5.74) is -3.51. The van der Waals surface area contributed by atoms with E-state index in [0.29, 0.717) is 0 Å². The third-order valence-corrected chi connectivity index (χ3v) is 5.69. The summed E-state index contributed by atoms with van der Waals surface area (Å²) in [4.78, 5) is 24.4. The number of Topliss-reactive ketones (excluding diaryl/α,β-unsaturated/α-hetero) is 1. The lowest BCUT2D eigenvalue weighted by Gasteiger charge is -2.56. The molecule has 4 rings (SSSR count). The normalized spacial score (nSPS) is 49.6. The van der Waals surface area contributed by atoms with Gasteiger partial charge in [-0.05, 0) is 12.0 Å². The number of ketones is 2. The summed E-state index contributed by atoms with van der Waals surface area (Å²) >= 11 is 11.6. The first kappa shape index (κ1) is 14.3. The average Bonchev–Trinajstić information content (AvgIpc) is 2.47. The van der Waals surface area contributed by atoms with E-state index in [2.05, 4.69) is 0 Å². The van der Waals surface area contributed by atoms with Crippen LogP contribution in [-0.2, 0) is 9.59 Å². The van der Waals surface area contributed by atoms with E-state index in [9.17, 15) is 19.8 Å². The number of alkyl halides is 2. The molecule has 0 aromatic heterocycles. The van der Waals surface area contributed by atoms with Crippen LogP contribution >= 0.6 is 23.2 Å². The van der Waals surface area contributed by atoms with Crippen LogP contribution in [0.15, 0.2) is 24.3 Å². The van der Waals surface area contributed by atoms with E-state index in [1.807, 2.05) is 0 Å². The van der Waals surface area contributed by atoms with Crippen LogP contribution in [0.25, 0.3) is 0 Å². The fourth-order valence-electron chi connectivity index (χ4n) is 3.79. The molecule has 4 nitrogen and oxygen atoms in total. The smallest absolute Gasteiger partial charge is 0.188 e. The first-order valence-electron chi connectivity index (χ1n) is 6.42. The van der Waals surface area contributed by atoms with Crippen molar-refractivity contribution in [2.45, 2.75) is 11.2 Å². The number of carbonyl (C=O) groups excluding carboxylic acids is 2. The maximum atomic E-state index is 12.4. The Morgan fingerprint density at radius 3 is 2.30 bits per heavy atom. The highest BCUT2D eigenvalue weighted by Gasteiger charge is 2.65. The van der Waals surface area contributed by atoms with Gasteiger partial charge in [-0.15, -0.1) is 23.2 Å². The summed E-state index contributed by atoms with van der Waals surface area (Å²) in [6.45, 7) is 0. The van der Waals surface area contributed by atoms with Gasteiger partial charge in [0.2, 0.25) is 0 Å². The number of rotatable bonds is 2. The van der Waals surface area contributed by atoms with Crippen LogP contribution in [0, 0.1) is 23.7 Å². The Hall–Kier alpha value is -0.680. The predicted octanol–water partition coefficient (Wildman–Crippen LogP) is 0.682. The maximum absolute atomic E-state index is 12.4. The summed E-state index contributed by atoms with van der Waals surface area (Å²) in [6.07, 6.45) is 6.33. The molecule has 4 aliphatic rings. The van der Waals surface area contributed by atoms with Crippen LogP contribution in [0.1, 0.15) is 0 Å². The Morgan fingerprint density at radius 2 is 1.70 bits per heavy atom. The van der Waals surface area contributed by atoms with Crippen LogP contribution in [0.4, 0.5) is 0 Å². The summed E-state index contributed by atoms with van der Waals surface area (Å²) < 4.78 is 0. The van der Waals surface area contributed by atoms with Crippen LogP contribution in [-0.4, -0.2) is 44.7 Å². The molecule has 0 saturated heterocycles. The zero-order valence-corrected chi connectivity index (χ0v) is 12.0. The molecule has 6 atom stereocenters. The van der Waals surface area contributed by atoms with E-state index in [4.69, 9.17) is 23.2 Å². The first-order valence-corrected chi connectivity index (χ1v) is 7.49. The Kier molecular flexibility index (Phi) is 3.14. The van der Waals surface area contributed by atoms with Gasteiger partial charge in [-0.1, -0.05) is 18.2 Å². The highest BCUT2D eigenvalue weighted by Crippen LogP contribution is 2.54. The van der Waals surface area contributed by atoms with E-state index in [1.54, 1.807) is 18.2 Å². The number of fused-ring (bicyclic) bond motifs is 1. The Balaban J connectivity index is 2.17. The van der Waals surface area contributed by atoms with Crippen LogP contribution in [0.5, 0.6) is 0 Å². The molecule has 0 spiro atoms. The molecular formula is C14H14Cl2O4. The highest BCUT2D eigenvalue weighted by molar-refractivity contribution is 6.22. The van der Waals surface area contributed by atoms with Crippen LogP contribution in [0.2, 0.25) is 0 Å². The molecular weight excluding hydrogens is 303 g/mol. The number of aliphatic hydroxyl groups is 2. The fraction of sp³-hybridized carbons (Fsp3) is 0.571. The van der Waals surface area contributed by atoms with E-state index < -0.39 is 34.7 Å². The summed E-state index contributed by atoms with van der Waals surface area (Å²) in [6, 6.07) is 0. The van der Waals surface area contributed by atoms with E-state index in [-0.39, 0.29) is 23.5 Å². The average molecular weight is 317 g/mol. The Bertz CT molecular complexity index is 543. The number of hydrogen-bond acceptors (Lipinski definition) is 4. The number of hydrogen-bond donors (Lipinski definition) is 2. The van der Waals surface area contributed by atoms with Crippen molar-refractivity contribution in [2.24, 2.45) is 23.7 Å². The second kappa shape index (κ2) is 4.41. The zero-order valence-electron chi connectivity index (χ0n) is 10.5. The van der Waals surface area contributed by atoms with Gasteiger partial charge >= 0.3 is 0 Å². The summed E-state index contributed by atoms with van der Waals surface area (Å²) in [7, 11) is 0. The summed E-state index contributed by atoms with van der Waals surface area (Å²) in [5.74, 6) is -3.63. The van der Waals surface area contributed by atoms with Gasteiger partial charge in [-0.3, -0.25) is 9.59 Å². The van der Waals surface area contributed by atoms with Gasteiger partial charge in [-0.25, -0.2) is 0 Å². The zero-order chi connectivity index (χ0) is 14.7. The van der Waals surface area contributed by atoms with E-state index in [0.717, 1.165) is 0 Å². The molecule has 0 heterocycles. The predicted molar refractivity (Wildman–Crippen MR) is 73.6 cm³/mol. The number of carbonyl (C=O) groups is 2. The van der Waals surface area contributed by atoms with Gasteiger partial charge in [-0.2, -0.15) is 0 Å². The molecule has 0 amide bonds. The molecule has 1 saturated carbocycles. The van der Waals surface area contributed by atoms with Crippen molar-refractivity contribution >= 4 is 34.8 Å². The molecule has 1 fully saturated rings. The Morgan fingerprint density at radius 1 is 1.05 bits per heavy atom. The van der Waals surface area contributed by atoms with Crippen molar-refractivity contribution in [3.63, 3.8) is 0 Å². The molecule has 108 valence electrons. The standard InChI is InChI=1S/C14H14Cl2O4/c15-5-13(19)9-3-1-8(12(13)18)7-2-4-10(17)14(20,6-16)11(7)9/h1-4,7-9,11,19-20H,5-6H2/t7-,8-,9+,11-,13-,14-/m0/s1. The minimum atomic E-state index is -1.77. The van der Waals surface area contributed by atoms with Gasteiger partial charge in [0.25, 0.3) is 0 Å². The first-order chi connectivity index (χ1) is 9.40. The lowest BCUT2D eigenvalue weighted by molar-refractivity contribution is -0.174. The van der Waals surface area contributed by atoms with Gasteiger partial charge < -0.3 is 10.2 Å². The molecule has 0 aliphatic heterocycles. The third-order valence-electron chi connectivity index (χ3n) is 4.88. The number of allylic oxidation sites excluding steroid dienone is 2. The molecule has 2 N–H and O–H groups in total. The van der Waals surface area contributed by atoms with Crippen molar-refractivity contribution in [1.82, 2.24) is 0 Å². The lowest BCUT2D eigenvalue weighted by atomic mass is 9.50. The second-order valence-electron chi connectivity index (χ2n) is 5.74. The van der Waals surface area contributed by atoms with Gasteiger partial charge in [0.15, 0.2) is 11.6 Å². The SMILES string of the molecule is O=C1[C@H]2C=C[C@H]([C@@H]3[C@H]2C=CC(=O)[C@@]3(O)CCl)[C@@]1(O)CCl. The minimum Gasteiger partial charge on any atom is -0.380 e. The quantitative estimate of drug-likeness (QED) is 0.580. The van der Waals surface area contributed by atoms with Gasteiger partial charge in [0.1, 0.15) is 11.2 Å². The molecule has 0 unspecified atom stereocenters. The highest BCUT2D eigenvalue weighted by atomic mass is 35.5. The fourth-order valence-corrected chi connectivity index (χ4v) is 4.41. The van der Waals surface area contributed by atoms with Crippen molar-refractivity contribution < 1.29 is 19.8 Å². The molecule has 2 bridgehead atoms. The topological polar surface area (TPSA) is 74.6 Å². The van der Waals surface area contributed by atoms with Crippen molar-refractivity contribution in [1.29, 1.82) is 0 Å². The van der Waals surface area contributed by atoms with E-state index in [1.165, 1.54) is 6.08 Å². The maximum Gasteiger partial charge on any atom is 0.188 e. The number of halogens is 2. The monoisotopic (exact) mass is 316 g/mol. The van der Waals surface area contributed by atoms with Crippen molar-refractivity contribution in [2.75, 3.05) is 11.8 Å². The second-order valence-corrected chi connectivity index (χ2v) is 6.28. The van der Waals surface area contributed by atoms with Gasteiger partial charge in [0.05, 0.1) is 11.8 Å². The van der Waals surface area contributed by atoms with Crippen LogP contribution < -0.4 is 0 Å². The van der Waals surface area contributed by atoms with Gasteiger partial charge in [0, 0.05) is 17.8 Å². The molecule has 20 heavy (non-hydrogen) atoms. The van der Waals surface area contributed by atoms with E-state index >= 15 is 0 Å². The summed E-state index contributed by atoms with van der Waals surface area (Å²) in [5, 5.41) is 21.2.